The average Bonchev–Trinajstić information content (AvgIpc) is 2.78. The lowest BCUT2D eigenvalue weighted by Crippen LogP contribution is -2.21. The molecule has 0 aliphatic heterocycles. The van der Waals surface area contributed by atoms with Crippen molar-refractivity contribution in [3.8, 4) is 5.75 Å². The van der Waals surface area contributed by atoms with E-state index in [0.29, 0.717) is 11.8 Å². The van der Waals surface area contributed by atoms with E-state index in [-0.39, 0.29) is 12.5 Å². The van der Waals surface area contributed by atoms with Gasteiger partial charge in [0.15, 0.2) is 6.61 Å². The molecular weight excluding hydrogens is 372 g/mol. The Hall–Kier alpha value is -3.11. The molecule has 156 valence electrons. The Morgan fingerprint density at radius 2 is 1.63 bits per heavy atom. The highest BCUT2D eigenvalue weighted by Crippen LogP contribution is 2.19. The normalized spacial score (nSPS) is 11.7. The molecule has 0 aliphatic rings. The van der Waals surface area contributed by atoms with E-state index < -0.39 is 0 Å². The van der Waals surface area contributed by atoms with Crippen molar-refractivity contribution in [2.24, 2.45) is 0 Å². The van der Waals surface area contributed by atoms with Gasteiger partial charge < -0.3 is 15.4 Å². The van der Waals surface area contributed by atoms with Gasteiger partial charge in [-0.25, -0.2) is 0 Å². The summed E-state index contributed by atoms with van der Waals surface area (Å²) in [6, 6.07) is 26.5. The molecule has 0 heterocycles. The highest BCUT2D eigenvalue weighted by Gasteiger charge is 2.09. The molecule has 1 amide bonds. The monoisotopic (exact) mass is 402 g/mol. The van der Waals surface area contributed by atoms with E-state index in [2.05, 4.69) is 41.8 Å². The molecule has 3 aromatic carbocycles. The van der Waals surface area contributed by atoms with Gasteiger partial charge in [0.2, 0.25) is 0 Å². The first-order chi connectivity index (χ1) is 14.6. The van der Waals surface area contributed by atoms with Crippen molar-refractivity contribution in [3.63, 3.8) is 0 Å². The highest BCUT2D eigenvalue weighted by molar-refractivity contribution is 5.91. The molecule has 30 heavy (non-hydrogen) atoms. The number of amides is 1. The van der Waals surface area contributed by atoms with Crippen LogP contribution < -0.4 is 15.4 Å². The number of anilines is 1. The molecule has 4 heteroatoms. The van der Waals surface area contributed by atoms with Crippen LogP contribution in [0.4, 0.5) is 5.69 Å². The SMILES string of the molecule is CCCC(NCc1ccc(OCC(=O)Nc2ccc(C)cc2)cc1)c1ccccc1. The van der Waals surface area contributed by atoms with Gasteiger partial charge in [-0.15, -0.1) is 0 Å². The Kier molecular flexibility index (Phi) is 8.04. The minimum Gasteiger partial charge on any atom is -0.484 e. The third-order valence-electron chi connectivity index (χ3n) is 4.96. The molecule has 0 saturated carbocycles. The predicted molar refractivity (Wildman–Crippen MR) is 123 cm³/mol. The quantitative estimate of drug-likeness (QED) is 0.461. The summed E-state index contributed by atoms with van der Waals surface area (Å²) in [6.45, 7) is 4.99. The van der Waals surface area contributed by atoms with Crippen molar-refractivity contribution in [3.05, 3.63) is 95.6 Å². The number of carbonyl (C=O) groups excluding carboxylic acids is 1. The van der Waals surface area contributed by atoms with E-state index >= 15 is 0 Å². The van der Waals surface area contributed by atoms with Crippen LogP contribution in [0.25, 0.3) is 0 Å². The third kappa shape index (κ3) is 6.75. The van der Waals surface area contributed by atoms with Crippen LogP contribution >= 0.6 is 0 Å². The first-order valence-electron chi connectivity index (χ1n) is 10.5. The summed E-state index contributed by atoms with van der Waals surface area (Å²) >= 11 is 0. The molecule has 0 bridgehead atoms. The van der Waals surface area contributed by atoms with E-state index in [9.17, 15) is 4.79 Å². The number of hydrogen-bond acceptors (Lipinski definition) is 3. The van der Waals surface area contributed by atoms with Gasteiger partial charge in [-0.1, -0.05) is 73.5 Å². The molecule has 4 nitrogen and oxygen atoms in total. The molecule has 2 N–H and O–H groups in total. The smallest absolute Gasteiger partial charge is 0.262 e. The van der Waals surface area contributed by atoms with Crippen LogP contribution in [0.5, 0.6) is 5.75 Å². The summed E-state index contributed by atoms with van der Waals surface area (Å²) in [5.74, 6) is 0.515. The second-order valence-electron chi connectivity index (χ2n) is 7.48. The van der Waals surface area contributed by atoms with Gasteiger partial charge in [-0.2, -0.15) is 0 Å². The van der Waals surface area contributed by atoms with Gasteiger partial charge in [-0.05, 0) is 48.7 Å². The molecule has 1 atom stereocenters. The lowest BCUT2D eigenvalue weighted by atomic mass is 10.0. The van der Waals surface area contributed by atoms with E-state index in [1.807, 2.05) is 61.5 Å². The second kappa shape index (κ2) is 11.2. The minimum absolute atomic E-state index is 0.0158. The van der Waals surface area contributed by atoms with Gasteiger partial charge >= 0.3 is 0 Å². The van der Waals surface area contributed by atoms with Crippen molar-refractivity contribution in [1.29, 1.82) is 0 Å². The molecule has 0 aliphatic carbocycles. The zero-order valence-corrected chi connectivity index (χ0v) is 17.7. The number of carbonyl (C=O) groups is 1. The summed E-state index contributed by atoms with van der Waals surface area (Å²) in [5, 5.41) is 6.49. The average molecular weight is 403 g/mol. The molecule has 1 unspecified atom stereocenters. The van der Waals surface area contributed by atoms with Crippen LogP contribution in [-0.4, -0.2) is 12.5 Å². The van der Waals surface area contributed by atoms with Crippen LogP contribution in [-0.2, 0) is 11.3 Å². The first-order valence-corrected chi connectivity index (χ1v) is 10.5. The molecule has 0 aromatic heterocycles. The van der Waals surface area contributed by atoms with Crippen LogP contribution in [0.15, 0.2) is 78.9 Å². The van der Waals surface area contributed by atoms with E-state index in [4.69, 9.17) is 4.74 Å². The standard InChI is InChI=1S/C26H30N2O2/c1-3-7-25(22-8-5-4-6-9-22)27-18-21-12-16-24(17-13-21)30-19-26(29)28-23-14-10-20(2)11-15-23/h4-6,8-17,25,27H,3,7,18-19H2,1-2H3,(H,28,29). The molecule has 0 spiro atoms. The topological polar surface area (TPSA) is 50.4 Å². The predicted octanol–water partition coefficient (Wildman–Crippen LogP) is 5.64. The molecular formula is C26H30N2O2. The third-order valence-corrected chi connectivity index (χ3v) is 4.96. The molecule has 3 rings (SSSR count). The highest BCUT2D eigenvalue weighted by atomic mass is 16.5. The Balaban J connectivity index is 1.47. The van der Waals surface area contributed by atoms with Crippen molar-refractivity contribution >= 4 is 11.6 Å². The van der Waals surface area contributed by atoms with E-state index in [1.54, 1.807) is 0 Å². The van der Waals surface area contributed by atoms with Crippen molar-refractivity contribution in [1.82, 2.24) is 5.32 Å². The van der Waals surface area contributed by atoms with Gasteiger partial charge in [-0.3, -0.25) is 4.79 Å². The summed E-state index contributed by atoms with van der Waals surface area (Å²) in [7, 11) is 0. The largest absolute Gasteiger partial charge is 0.484 e. The fraction of sp³-hybridized carbons (Fsp3) is 0.269. The van der Waals surface area contributed by atoms with Crippen LogP contribution in [0.1, 0.15) is 42.5 Å². The molecule has 0 fully saturated rings. The summed E-state index contributed by atoms with van der Waals surface area (Å²) in [4.78, 5) is 12.1. The van der Waals surface area contributed by atoms with E-state index in [1.165, 1.54) is 11.1 Å². The van der Waals surface area contributed by atoms with Gasteiger partial charge in [0.1, 0.15) is 5.75 Å². The number of nitrogens with one attached hydrogen (secondary N) is 2. The first kappa shape index (κ1) is 21.6. The lowest BCUT2D eigenvalue weighted by Gasteiger charge is -2.19. The number of aryl methyl sites for hydroxylation is 1. The maximum Gasteiger partial charge on any atom is 0.262 e. The second-order valence-corrected chi connectivity index (χ2v) is 7.48. The summed E-state index contributed by atoms with van der Waals surface area (Å²) in [5.41, 5.74) is 4.43. The van der Waals surface area contributed by atoms with Crippen LogP contribution in [0.3, 0.4) is 0 Å². The minimum atomic E-state index is -0.171. The van der Waals surface area contributed by atoms with Crippen LogP contribution in [0.2, 0.25) is 0 Å². The zero-order chi connectivity index (χ0) is 21.2. The number of benzene rings is 3. The van der Waals surface area contributed by atoms with Gasteiger partial charge in [0.25, 0.3) is 5.91 Å². The van der Waals surface area contributed by atoms with Crippen molar-refractivity contribution < 1.29 is 9.53 Å². The van der Waals surface area contributed by atoms with Crippen LogP contribution in [0, 0.1) is 6.92 Å². The van der Waals surface area contributed by atoms with Gasteiger partial charge in [0.05, 0.1) is 0 Å². The maximum absolute atomic E-state index is 12.1. The number of rotatable bonds is 10. The fourth-order valence-corrected chi connectivity index (χ4v) is 3.29. The maximum atomic E-state index is 12.1. The van der Waals surface area contributed by atoms with Crippen molar-refractivity contribution in [2.45, 2.75) is 39.3 Å². The Labute approximate surface area is 179 Å². The molecule has 3 aromatic rings. The fourth-order valence-electron chi connectivity index (χ4n) is 3.29. The molecule has 0 saturated heterocycles. The molecule has 0 radical (unpaired) electrons. The summed E-state index contributed by atoms with van der Waals surface area (Å²) < 4.78 is 5.62. The Bertz CT molecular complexity index is 906. The Morgan fingerprint density at radius 3 is 2.30 bits per heavy atom. The Morgan fingerprint density at radius 1 is 0.933 bits per heavy atom. The zero-order valence-electron chi connectivity index (χ0n) is 17.7. The van der Waals surface area contributed by atoms with Gasteiger partial charge in [0, 0.05) is 18.3 Å². The van der Waals surface area contributed by atoms with Crippen molar-refractivity contribution in [2.75, 3.05) is 11.9 Å². The van der Waals surface area contributed by atoms with E-state index in [0.717, 1.165) is 30.6 Å². The number of hydrogen-bond donors (Lipinski definition) is 2. The lowest BCUT2D eigenvalue weighted by molar-refractivity contribution is -0.118. The summed E-state index contributed by atoms with van der Waals surface area (Å²) in [6.07, 6.45) is 2.23. The number of ether oxygens (including phenoxy) is 1.